The van der Waals surface area contributed by atoms with Crippen molar-refractivity contribution in [2.75, 3.05) is 42.9 Å². The first-order chi connectivity index (χ1) is 13.2. The van der Waals surface area contributed by atoms with E-state index in [9.17, 15) is 9.59 Å². The van der Waals surface area contributed by atoms with Gasteiger partial charge in [-0.25, -0.2) is 4.79 Å². The lowest BCUT2D eigenvalue weighted by molar-refractivity contribution is -0.117. The van der Waals surface area contributed by atoms with Crippen molar-refractivity contribution in [3.05, 3.63) is 24.3 Å². The Bertz CT molecular complexity index is 643. The van der Waals surface area contributed by atoms with Crippen LogP contribution in [0.2, 0.25) is 0 Å². The van der Waals surface area contributed by atoms with Crippen LogP contribution < -0.4 is 15.5 Å². The van der Waals surface area contributed by atoms with Gasteiger partial charge in [0.25, 0.3) is 0 Å². The topological polar surface area (TPSA) is 64.7 Å². The standard InChI is InChI=1S/C22H36N4O2/c1-6-23-21(28)26-13-11-25(12-14-26)19-9-7-18(8-10-19)24-20(27)15-17(2)16-22(3,4)5/h7-10,17H,6,11-16H2,1-5H3,(H,23,28)(H,24,27). The molecule has 156 valence electrons. The molecule has 1 saturated heterocycles. The van der Waals surface area contributed by atoms with Gasteiger partial charge in [-0.2, -0.15) is 0 Å². The van der Waals surface area contributed by atoms with Gasteiger partial charge in [-0.3, -0.25) is 4.79 Å². The second kappa shape index (κ2) is 9.80. The van der Waals surface area contributed by atoms with Crippen LogP contribution in [0.5, 0.6) is 0 Å². The van der Waals surface area contributed by atoms with Gasteiger partial charge in [0.1, 0.15) is 0 Å². The highest BCUT2D eigenvalue weighted by Gasteiger charge is 2.21. The van der Waals surface area contributed by atoms with Crippen molar-refractivity contribution >= 4 is 23.3 Å². The highest BCUT2D eigenvalue weighted by Crippen LogP contribution is 2.26. The quantitative estimate of drug-likeness (QED) is 0.776. The van der Waals surface area contributed by atoms with Gasteiger partial charge in [-0.05, 0) is 48.9 Å². The van der Waals surface area contributed by atoms with Gasteiger partial charge < -0.3 is 20.4 Å². The van der Waals surface area contributed by atoms with Crippen molar-refractivity contribution in [2.24, 2.45) is 11.3 Å². The second-order valence-electron chi connectivity index (χ2n) is 8.98. The van der Waals surface area contributed by atoms with Crippen molar-refractivity contribution in [1.29, 1.82) is 0 Å². The molecular formula is C22H36N4O2. The molecule has 0 radical (unpaired) electrons. The molecular weight excluding hydrogens is 352 g/mol. The number of carbonyl (C=O) groups excluding carboxylic acids is 2. The van der Waals surface area contributed by atoms with Crippen molar-refractivity contribution in [1.82, 2.24) is 10.2 Å². The monoisotopic (exact) mass is 388 g/mol. The summed E-state index contributed by atoms with van der Waals surface area (Å²) in [4.78, 5) is 28.3. The summed E-state index contributed by atoms with van der Waals surface area (Å²) in [5.74, 6) is 0.431. The Morgan fingerprint density at radius 3 is 2.21 bits per heavy atom. The van der Waals surface area contributed by atoms with Crippen molar-refractivity contribution in [3.8, 4) is 0 Å². The Kier molecular flexibility index (Phi) is 7.72. The number of urea groups is 1. The largest absolute Gasteiger partial charge is 0.368 e. The maximum absolute atomic E-state index is 12.3. The lowest BCUT2D eigenvalue weighted by atomic mass is 9.84. The van der Waals surface area contributed by atoms with E-state index in [4.69, 9.17) is 0 Å². The fourth-order valence-electron chi connectivity index (χ4n) is 3.83. The van der Waals surface area contributed by atoms with Gasteiger partial charge in [0.05, 0.1) is 0 Å². The summed E-state index contributed by atoms with van der Waals surface area (Å²) >= 11 is 0. The molecule has 0 aromatic heterocycles. The molecule has 0 spiro atoms. The summed E-state index contributed by atoms with van der Waals surface area (Å²) in [6.07, 6.45) is 1.57. The fourth-order valence-corrected chi connectivity index (χ4v) is 3.83. The van der Waals surface area contributed by atoms with Crippen molar-refractivity contribution in [3.63, 3.8) is 0 Å². The fraction of sp³-hybridized carbons (Fsp3) is 0.636. The van der Waals surface area contributed by atoms with Crippen LogP contribution in [0.15, 0.2) is 24.3 Å². The minimum absolute atomic E-state index is 0.0147. The third-order valence-electron chi connectivity index (χ3n) is 4.91. The predicted octanol–water partition coefficient (Wildman–Crippen LogP) is 3.94. The van der Waals surface area contributed by atoms with E-state index in [2.05, 4.69) is 43.2 Å². The average Bonchev–Trinajstić information content (AvgIpc) is 2.61. The zero-order valence-electron chi connectivity index (χ0n) is 18.0. The number of nitrogens with one attached hydrogen (secondary N) is 2. The molecule has 1 aromatic rings. The number of amides is 3. The van der Waals surface area contributed by atoms with E-state index < -0.39 is 0 Å². The van der Waals surface area contributed by atoms with Gasteiger partial charge in [0.15, 0.2) is 0 Å². The molecule has 6 nitrogen and oxygen atoms in total. The number of hydrogen-bond donors (Lipinski definition) is 2. The Morgan fingerprint density at radius 1 is 1.07 bits per heavy atom. The molecule has 1 heterocycles. The lowest BCUT2D eigenvalue weighted by Crippen LogP contribution is -2.51. The van der Waals surface area contributed by atoms with Crippen LogP contribution in [0.25, 0.3) is 0 Å². The van der Waals surface area contributed by atoms with Gasteiger partial charge >= 0.3 is 6.03 Å². The molecule has 3 amide bonds. The van der Waals surface area contributed by atoms with Crippen LogP contribution in [0.3, 0.4) is 0 Å². The summed E-state index contributed by atoms with van der Waals surface area (Å²) in [5.41, 5.74) is 2.19. The van der Waals surface area contributed by atoms with E-state index in [0.29, 0.717) is 18.9 Å². The smallest absolute Gasteiger partial charge is 0.317 e. The highest BCUT2D eigenvalue weighted by atomic mass is 16.2. The van der Waals surface area contributed by atoms with Crippen LogP contribution in [-0.4, -0.2) is 49.6 Å². The molecule has 0 bridgehead atoms. The Balaban J connectivity index is 1.82. The zero-order valence-corrected chi connectivity index (χ0v) is 18.0. The predicted molar refractivity (Wildman–Crippen MR) is 116 cm³/mol. The molecule has 28 heavy (non-hydrogen) atoms. The van der Waals surface area contributed by atoms with E-state index in [1.807, 2.05) is 36.1 Å². The normalized spacial score (nSPS) is 15.9. The number of rotatable bonds is 6. The Labute approximate surface area is 169 Å². The number of carbonyl (C=O) groups is 2. The van der Waals surface area contributed by atoms with E-state index in [0.717, 1.165) is 44.0 Å². The molecule has 1 aromatic carbocycles. The zero-order chi connectivity index (χ0) is 20.7. The maximum atomic E-state index is 12.3. The highest BCUT2D eigenvalue weighted by molar-refractivity contribution is 5.91. The second-order valence-corrected chi connectivity index (χ2v) is 8.98. The molecule has 2 rings (SSSR count). The summed E-state index contributed by atoms with van der Waals surface area (Å²) in [7, 11) is 0. The van der Waals surface area contributed by atoms with Crippen LogP contribution in [0.4, 0.5) is 16.2 Å². The summed E-state index contributed by atoms with van der Waals surface area (Å²) in [6, 6.07) is 8.00. The van der Waals surface area contributed by atoms with Crippen LogP contribution in [0, 0.1) is 11.3 Å². The van der Waals surface area contributed by atoms with Crippen molar-refractivity contribution < 1.29 is 9.59 Å². The number of benzene rings is 1. The maximum Gasteiger partial charge on any atom is 0.317 e. The molecule has 1 aliphatic heterocycles. The molecule has 0 saturated carbocycles. The van der Waals surface area contributed by atoms with Crippen LogP contribution >= 0.6 is 0 Å². The first kappa shape index (κ1) is 22.1. The molecule has 6 heteroatoms. The molecule has 1 unspecified atom stereocenters. The minimum atomic E-state index is 0.0147. The lowest BCUT2D eigenvalue weighted by Gasteiger charge is -2.36. The van der Waals surface area contributed by atoms with E-state index in [-0.39, 0.29) is 17.4 Å². The molecule has 0 aliphatic carbocycles. The Morgan fingerprint density at radius 2 is 1.68 bits per heavy atom. The summed E-state index contributed by atoms with van der Waals surface area (Å²) < 4.78 is 0. The number of anilines is 2. The number of nitrogens with zero attached hydrogens (tertiary/aromatic N) is 2. The number of hydrogen-bond acceptors (Lipinski definition) is 3. The third kappa shape index (κ3) is 7.06. The SMILES string of the molecule is CCNC(=O)N1CCN(c2ccc(NC(=O)CC(C)CC(C)(C)C)cc2)CC1. The molecule has 1 atom stereocenters. The van der Waals surface area contributed by atoms with E-state index >= 15 is 0 Å². The van der Waals surface area contributed by atoms with Crippen molar-refractivity contribution in [2.45, 2.75) is 47.5 Å². The Hall–Kier alpha value is -2.24. The summed E-state index contributed by atoms with van der Waals surface area (Å²) in [6.45, 7) is 14.4. The van der Waals surface area contributed by atoms with E-state index in [1.165, 1.54) is 0 Å². The van der Waals surface area contributed by atoms with Crippen LogP contribution in [-0.2, 0) is 4.79 Å². The third-order valence-corrected chi connectivity index (χ3v) is 4.91. The summed E-state index contributed by atoms with van der Waals surface area (Å²) in [5, 5.41) is 5.86. The van der Waals surface area contributed by atoms with Gasteiger partial charge in [0, 0.05) is 50.5 Å². The number of piperazine rings is 1. The minimum Gasteiger partial charge on any atom is -0.368 e. The molecule has 1 fully saturated rings. The molecule has 2 N–H and O–H groups in total. The average molecular weight is 389 g/mol. The van der Waals surface area contributed by atoms with Gasteiger partial charge in [-0.15, -0.1) is 0 Å². The van der Waals surface area contributed by atoms with E-state index in [1.54, 1.807) is 0 Å². The first-order valence-corrected chi connectivity index (χ1v) is 10.4. The molecule has 1 aliphatic rings. The first-order valence-electron chi connectivity index (χ1n) is 10.4. The van der Waals surface area contributed by atoms with Gasteiger partial charge in [0.2, 0.25) is 5.91 Å². The van der Waals surface area contributed by atoms with Crippen LogP contribution in [0.1, 0.15) is 47.5 Å². The van der Waals surface area contributed by atoms with Gasteiger partial charge in [-0.1, -0.05) is 27.7 Å².